The number of hydrazone groups is 1. The molecule has 4 heterocycles. The van der Waals surface area contributed by atoms with Gasteiger partial charge in [0.05, 0.1) is 24.3 Å². The Morgan fingerprint density at radius 1 is 1.05 bits per heavy atom. The monoisotopic (exact) mass is 524 g/mol. The van der Waals surface area contributed by atoms with E-state index in [4.69, 9.17) is 14.6 Å². The second-order valence-electron chi connectivity index (χ2n) is 11.9. The lowest BCUT2D eigenvalue weighted by Crippen LogP contribution is -2.53. The molecule has 1 aromatic rings. The van der Waals surface area contributed by atoms with Crippen molar-refractivity contribution in [2.75, 3.05) is 26.7 Å². The summed E-state index contributed by atoms with van der Waals surface area (Å²) >= 11 is 0. The fraction of sp³-hybridized carbons (Fsp3) is 0.607. The molecular weight excluding hydrogens is 488 g/mol. The van der Waals surface area contributed by atoms with Crippen LogP contribution in [0.25, 0.3) is 0 Å². The van der Waals surface area contributed by atoms with Gasteiger partial charge in [0, 0.05) is 49.9 Å². The summed E-state index contributed by atoms with van der Waals surface area (Å²) in [4.78, 5) is 52.8. The lowest BCUT2D eigenvalue weighted by Gasteiger charge is -2.42. The largest absolute Gasteiger partial charge is 0.493 e. The van der Waals surface area contributed by atoms with E-state index in [-0.39, 0.29) is 54.7 Å². The van der Waals surface area contributed by atoms with E-state index in [9.17, 15) is 19.2 Å². The Morgan fingerprint density at radius 3 is 2.34 bits per heavy atom. The molecule has 10 nitrogen and oxygen atoms in total. The number of imide groups is 1. The van der Waals surface area contributed by atoms with Crippen molar-refractivity contribution < 1.29 is 28.7 Å². The number of fused-ring (bicyclic) bond motifs is 1. The van der Waals surface area contributed by atoms with Gasteiger partial charge in [-0.1, -0.05) is 13.8 Å². The zero-order chi connectivity index (χ0) is 27.4. The number of likely N-dealkylation sites (tertiary alicyclic amines) is 2. The minimum absolute atomic E-state index is 0.0268. The highest BCUT2D eigenvalue weighted by Crippen LogP contribution is 2.45. The molecule has 0 aromatic heterocycles. The summed E-state index contributed by atoms with van der Waals surface area (Å²) in [5.74, 6) is 0.576. The molecule has 0 saturated carbocycles. The molecule has 0 bridgehead atoms. The van der Waals surface area contributed by atoms with Crippen LogP contribution in [0.1, 0.15) is 70.9 Å². The highest BCUT2D eigenvalue weighted by atomic mass is 16.5. The second-order valence-corrected chi connectivity index (χ2v) is 11.9. The van der Waals surface area contributed by atoms with Gasteiger partial charge in [-0.05, 0) is 38.8 Å². The van der Waals surface area contributed by atoms with Crippen molar-refractivity contribution in [3.05, 3.63) is 23.3 Å². The molecule has 4 amide bonds. The van der Waals surface area contributed by atoms with Crippen LogP contribution in [-0.4, -0.2) is 82.5 Å². The number of carbonyl (C=O) groups excluding carboxylic acids is 4. The van der Waals surface area contributed by atoms with E-state index in [0.717, 1.165) is 27.5 Å². The summed E-state index contributed by atoms with van der Waals surface area (Å²) in [6.07, 6.45) is 2.71. The number of nitrogens with zero attached hydrogens (tertiary/aromatic N) is 4. The maximum Gasteiger partial charge on any atom is 0.248 e. The highest BCUT2D eigenvalue weighted by molar-refractivity contribution is 6.07. The van der Waals surface area contributed by atoms with Crippen LogP contribution in [0.15, 0.2) is 17.2 Å². The van der Waals surface area contributed by atoms with Crippen molar-refractivity contribution in [2.45, 2.75) is 77.9 Å². The minimum Gasteiger partial charge on any atom is -0.493 e. The maximum absolute atomic E-state index is 13.5. The zero-order valence-corrected chi connectivity index (χ0v) is 22.8. The lowest BCUT2D eigenvalue weighted by atomic mass is 9.80. The van der Waals surface area contributed by atoms with Gasteiger partial charge in [-0.2, -0.15) is 5.10 Å². The van der Waals surface area contributed by atoms with E-state index < -0.39 is 5.41 Å². The number of hydrogen-bond donors (Lipinski definition) is 0. The first-order valence-corrected chi connectivity index (χ1v) is 13.3. The molecule has 0 spiro atoms. The topological polar surface area (TPSA) is 109 Å². The molecule has 5 rings (SSSR count). The first-order chi connectivity index (χ1) is 17.9. The quantitative estimate of drug-likeness (QED) is 0.548. The Kier molecular flexibility index (Phi) is 6.47. The van der Waals surface area contributed by atoms with E-state index in [2.05, 4.69) is 0 Å². The number of hydrogen-bond acceptors (Lipinski definition) is 7. The first kappa shape index (κ1) is 26.2. The summed E-state index contributed by atoms with van der Waals surface area (Å²) in [7, 11) is 1.63. The van der Waals surface area contributed by atoms with E-state index in [0.29, 0.717) is 44.5 Å². The Hall–Kier alpha value is -3.43. The van der Waals surface area contributed by atoms with Crippen LogP contribution in [0.3, 0.4) is 0 Å². The molecule has 0 atom stereocenters. The second kappa shape index (κ2) is 9.39. The zero-order valence-electron chi connectivity index (χ0n) is 22.8. The van der Waals surface area contributed by atoms with Gasteiger partial charge in [-0.25, -0.2) is 5.01 Å². The summed E-state index contributed by atoms with van der Waals surface area (Å²) in [5.41, 5.74) is 1.87. The van der Waals surface area contributed by atoms with Gasteiger partial charge in [-0.15, -0.1) is 0 Å². The molecule has 1 aromatic carbocycles. The molecule has 4 aliphatic rings. The van der Waals surface area contributed by atoms with Gasteiger partial charge in [0.15, 0.2) is 11.5 Å². The van der Waals surface area contributed by atoms with Crippen LogP contribution in [0, 0.1) is 5.41 Å². The average molecular weight is 525 g/mol. The van der Waals surface area contributed by atoms with E-state index >= 15 is 0 Å². The fourth-order valence-electron chi connectivity index (χ4n) is 5.87. The van der Waals surface area contributed by atoms with Gasteiger partial charge < -0.3 is 14.4 Å². The number of amides is 4. The number of methoxy groups -OCH3 is 1. The molecule has 4 aliphatic heterocycles. The molecular formula is C28H36N4O6. The van der Waals surface area contributed by atoms with Crippen molar-refractivity contribution >= 4 is 29.3 Å². The number of piperidine rings is 1. The lowest BCUT2D eigenvalue weighted by molar-refractivity contribution is -0.148. The SMILES string of the molecule is COc1ccc(C2=NN(C3CCN(C(=O)CN4C(=O)CCC4=O)CC3)C(=O)C(C)(C)C2)c2c1OC(C)(C)C2. The molecule has 0 radical (unpaired) electrons. The van der Waals surface area contributed by atoms with Crippen LogP contribution in [0.2, 0.25) is 0 Å². The molecule has 0 N–H and O–H groups in total. The van der Waals surface area contributed by atoms with Crippen molar-refractivity contribution in [2.24, 2.45) is 10.5 Å². The molecule has 10 heteroatoms. The number of carbonyl (C=O) groups is 4. The molecule has 38 heavy (non-hydrogen) atoms. The van der Waals surface area contributed by atoms with Gasteiger partial charge in [-0.3, -0.25) is 24.1 Å². The van der Waals surface area contributed by atoms with E-state index in [1.165, 1.54) is 0 Å². The smallest absolute Gasteiger partial charge is 0.248 e. The first-order valence-electron chi connectivity index (χ1n) is 13.3. The Bertz CT molecular complexity index is 1210. The van der Waals surface area contributed by atoms with Crippen LogP contribution < -0.4 is 9.47 Å². The van der Waals surface area contributed by atoms with Crippen molar-refractivity contribution in [1.29, 1.82) is 0 Å². The van der Waals surface area contributed by atoms with Crippen LogP contribution in [0.4, 0.5) is 0 Å². The summed E-state index contributed by atoms with van der Waals surface area (Å²) in [6, 6.07) is 3.76. The predicted molar refractivity (Wildman–Crippen MR) is 139 cm³/mol. The fourth-order valence-corrected chi connectivity index (χ4v) is 5.87. The normalized spacial score (nSPS) is 22.9. The average Bonchev–Trinajstić information content (AvgIpc) is 3.37. The predicted octanol–water partition coefficient (Wildman–Crippen LogP) is 2.51. The number of rotatable bonds is 5. The Labute approximate surface area is 222 Å². The van der Waals surface area contributed by atoms with Crippen molar-refractivity contribution in [3.8, 4) is 11.5 Å². The van der Waals surface area contributed by atoms with Gasteiger partial charge in [0.2, 0.25) is 23.6 Å². The van der Waals surface area contributed by atoms with E-state index in [1.807, 2.05) is 39.8 Å². The molecule has 0 aliphatic carbocycles. The van der Waals surface area contributed by atoms with E-state index in [1.54, 1.807) is 17.0 Å². The van der Waals surface area contributed by atoms with Crippen LogP contribution in [0.5, 0.6) is 11.5 Å². The van der Waals surface area contributed by atoms with Crippen molar-refractivity contribution in [1.82, 2.24) is 14.8 Å². The molecule has 0 unspecified atom stereocenters. The van der Waals surface area contributed by atoms with Crippen LogP contribution >= 0.6 is 0 Å². The third-order valence-electron chi connectivity index (χ3n) is 7.97. The summed E-state index contributed by atoms with van der Waals surface area (Å²) < 4.78 is 11.8. The summed E-state index contributed by atoms with van der Waals surface area (Å²) in [5, 5.41) is 6.54. The Morgan fingerprint density at radius 2 is 1.71 bits per heavy atom. The number of benzene rings is 1. The van der Waals surface area contributed by atoms with Crippen molar-refractivity contribution in [3.63, 3.8) is 0 Å². The summed E-state index contributed by atoms with van der Waals surface area (Å²) in [6.45, 7) is 8.66. The third-order valence-corrected chi connectivity index (χ3v) is 7.97. The standard InChI is InChI=1S/C28H36N4O6/c1-27(2)15-20(18-6-7-21(37-5)25-19(18)14-28(3,4)38-25)29-32(26(27)36)17-10-12-30(13-11-17)24(35)16-31-22(33)8-9-23(31)34/h6-7,17H,8-16H2,1-5H3. The molecule has 2 saturated heterocycles. The van der Waals surface area contributed by atoms with Gasteiger partial charge in [0.1, 0.15) is 12.1 Å². The Balaban J connectivity index is 1.35. The van der Waals surface area contributed by atoms with Gasteiger partial charge >= 0.3 is 0 Å². The minimum atomic E-state index is -0.637. The molecule has 2 fully saturated rings. The van der Waals surface area contributed by atoms with Crippen LogP contribution in [-0.2, 0) is 25.6 Å². The maximum atomic E-state index is 13.5. The molecule has 204 valence electrons. The highest BCUT2D eigenvalue weighted by Gasteiger charge is 2.44. The third kappa shape index (κ3) is 4.65. The number of ether oxygens (including phenoxy) is 2. The van der Waals surface area contributed by atoms with Gasteiger partial charge in [0.25, 0.3) is 0 Å².